The van der Waals surface area contributed by atoms with Gasteiger partial charge in [-0.25, -0.2) is 0 Å². The van der Waals surface area contributed by atoms with Crippen molar-refractivity contribution in [2.75, 3.05) is 5.73 Å². The largest absolute Gasteiger partial charge is 0.398 e. The number of nitrogen functional groups attached to an aromatic ring is 1. The van der Waals surface area contributed by atoms with E-state index in [4.69, 9.17) is 5.73 Å². The molecule has 122 valence electrons. The van der Waals surface area contributed by atoms with Crippen molar-refractivity contribution in [3.05, 3.63) is 64.2 Å². The van der Waals surface area contributed by atoms with Gasteiger partial charge in [-0.2, -0.15) is 0 Å². The highest BCUT2D eigenvalue weighted by atomic mass is 16.3. The van der Waals surface area contributed by atoms with E-state index in [9.17, 15) is 9.90 Å². The van der Waals surface area contributed by atoms with Gasteiger partial charge in [-0.3, -0.25) is 4.79 Å². The predicted octanol–water partition coefficient (Wildman–Crippen LogP) is 3.04. The summed E-state index contributed by atoms with van der Waals surface area (Å²) < 4.78 is 0. The molecule has 23 heavy (non-hydrogen) atoms. The molecule has 0 unspecified atom stereocenters. The van der Waals surface area contributed by atoms with Crippen molar-refractivity contribution in [1.29, 1.82) is 0 Å². The Bertz CT molecular complexity index is 731. The SMILES string of the molecule is Cc1ccc(CNC(=O)c2ccc(C(C)(C)O)c(N)c2)cc1C. The van der Waals surface area contributed by atoms with Crippen LogP contribution in [0.1, 0.15) is 46.5 Å². The van der Waals surface area contributed by atoms with Crippen LogP contribution >= 0.6 is 0 Å². The van der Waals surface area contributed by atoms with E-state index in [0.29, 0.717) is 23.4 Å². The molecule has 0 heterocycles. The Morgan fingerprint density at radius 3 is 2.39 bits per heavy atom. The van der Waals surface area contributed by atoms with Crippen LogP contribution < -0.4 is 11.1 Å². The molecule has 0 aliphatic carbocycles. The number of carbonyl (C=O) groups excluding carboxylic acids is 1. The fourth-order valence-corrected chi connectivity index (χ4v) is 2.46. The van der Waals surface area contributed by atoms with E-state index in [1.165, 1.54) is 11.1 Å². The second kappa shape index (κ2) is 6.42. The topological polar surface area (TPSA) is 75.3 Å². The first kappa shape index (κ1) is 17.0. The number of amides is 1. The van der Waals surface area contributed by atoms with Crippen LogP contribution in [0.25, 0.3) is 0 Å². The van der Waals surface area contributed by atoms with Crippen LogP contribution in [0.4, 0.5) is 5.69 Å². The summed E-state index contributed by atoms with van der Waals surface area (Å²) >= 11 is 0. The van der Waals surface area contributed by atoms with Crippen molar-refractivity contribution in [3.63, 3.8) is 0 Å². The van der Waals surface area contributed by atoms with Crippen LogP contribution in [0.2, 0.25) is 0 Å². The number of carbonyl (C=O) groups is 1. The lowest BCUT2D eigenvalue weighted by atomic mass is 9.95. The Hall–Kier alpha value is -2.33. The highest BCUT2D eigenvalue weighted by Crippen LogP contribution is 2.26. The number of anilines is 1. The fourth-order valence-electron chi connectivity index (χ4n) is 2.46. The van der Waals surface area contributed by atoms with Crippen LogP contribution in [0.5, 0.6) is 0 Å². The number of nitrogens with one attached hydrogen (secondary N) is 1. The van der Waals surface area contributed by atoms with Gasteiger partial charge < -0.3 is 16.2 Å². The molecule has 4 nitrogen and oxygen atoms in total. The molecule has 2 aromatic rings. The van der Waals surface area contributed by atoms with Crippen LogP contribution in [-0.4, -0.2) is 11.0 Å². The maximum absolute atomic E-state index is 12.3. The molecule has 0 atom stereocenters. The maximum Gasteiger partial charge on any atom is 0.251 e. The van der Waals surface area contributed by atoms with Crippen molar-refractivity contribution in [2.45, 2.75) is 39.8 Å². The van der Waals surface area contributed by atoms with Crippen molar-refractivity contribution in [3.8, 4) is 0 Å². The van der Waals surface area contributed by atoms with Crippen molar-refractivity contribution in [2.24, 2.45) is 0 Å². The molecule has 0 aliphatic heterocycles. The smallest absolute Gasteiger partial charge is 0.251 e. The Labute approximate surface area is 137 Å². The van der Waals surface area contributed by atoms with Gasteiger partial charge in [0.05, 0.1) is 5.60 Å². The molecule has 4 heteroatoms. The summed E-state index contributed by atoms with van der Waals surface area (Å²) in [6.07, 6.45) is 0. The number of aliphatic hydroxyl groups is 1. The Balaban J connectivity index is 2.09. The minimum atomic E-state index is -1.03. The Morgan fingerprint density at radius 2 is 1.83 bits per heavy atom. The van der Waals surface area contributed by atoms with Crippen LogP contribution in [0.15, 0.2) is 36.4 Å². The first-order valence-electron chi connectivity index (χ1n) is 7.65. The summed E-state index contributed by atoms with van der Waals surface area (Å²) in [4.78, 5) is 12.3. The molecule has 0 radical (unpaired) electrons. The van der Waals surface area contributed by atoms with Gasteiger partial charge in [0.25, 0.3) is 5.91 Å². The first-order chi connectivity index (χ1) is 10.7. The van der Waals surface area contributed by atoms with E-state index in [0.717, 1.165) is 5.56 Å². The van der Waals surface area contributed by atoms with Gasteiger partial charge in [0.15, 0.2) is 0 Å². The zero-order valence-corrected chi connectivity index (χ0v) is 14.1. The lowest BCUT2D eigenvalue weighted by molar-refractivity contribution is 0.0792. The first-order valence-corrected chi connectivity index (χ1v) is 7.65. The van der Waals surface area contributed by atoms with Crippen molar-refractivity contribution < 1.29 is 9.90 Å². The van der Waals surface area contributed by atoms with Gasteiger partial charge in [-0.1, -0.05) is 24.3 Å². The minimum absolute atomic E-state index is 0.183. The van der Waals surface area contributed by atoms with E-state index in [2.05, 4.69) is 25.2 Å². The van der Waals surface area contributed by atoms with E-state index in [-0.39, 0.29) is 5.91 Å². The van der Waals surface area contributed by atoms with Gasteiger partial charge in [-0.05, 0) is 56.5 Å². The van der Waals surface area contributed by atoms with Crippen molar-refractivity contribution in [1.82, 2.24) is 5.32 Å². The molecule has 0 aromatic heterocycles. The molecule has 0 bridgehead atoms. The second-order valence-corrected chi connectivity index (χ2v) is 6.46. The molecule has 1 amide bonds. The molecule has 0 saturated heterocycles. The highest BCUT2D eigenvalue weighted by Gasteiger charge is 2.20. The maximum atomic E-state index is 12.3. The van der Waals surface area contributed by atoms with Gasteiger partial charge >= 0.3 is 0 Å². The monoisotopic (exact) mass is 312 g/mol. The molecule has 0 fully saturated rings. The molecule has 2 aromatic carbocycles. The second-order valence-electron chi connectivity index (χ2n) is 6.46. The van der Waals surface area contributed by atoms with Crippen LogP contribution in [0.3, 0.4) is 0 Å². The standard InChI is InChI=1S/C19H24N2O2/c1-12-5-6-14(9-13(12)2)11-21-18(22)15-7-8-16(17(20)10-15)19(3,4)23/h5-10,23H,11,20H2,1-4H3,(H,21,22). The lowest BCUT2D eigenvalue weighted by Gasteiger charge is -2.20. The molecule has 0 saturated carbocycles. The number of nitrogens with two attached hydrogens (primary N) is 1. The number of benzene rings is 2. The van der Waals surface area contributed by atoms with Gasteiger partial charge in [0.2, 0.25) is 0 Å². The summed E-state index contributed by atoms with van der Waals surface area (Å²) in [5.74, 6) is -0.183. The molecule has 4 N–H and O–H groups in total. The highest BCUT2D eigenvalue weighted by molar-refractivity contribution is 5.95. The Morgan fingerprint density at radius 1 is 1.13 bits per heavy atom. The van der Waals surface area contributed by atoms with Gasteiger partial charge in [0, 0.05) is 23.4 Å². The summed E-state index contributed by atoms with van der Waals surface area (Å²) in [6, 6.07) is 11.1. The van der Waals surface area contributed by atoms with Gasteiger partial charge in [-0.15, -0.1) is 0 Å². The van der Waals surface area contributed by atoms with Crippen molar-refractivity contribution >= 4 is 11.6 Å². The predicted molar refractivity (Wildman–Crippen MR) is 93.2 cm³/mol. The normalized spacial score (nSPS) is 11.3. The average Bonchev–Trinajstić information content (AvgIpc) is 2.46. The molecule has 0 aliphatic rings. The number of hydrogen-bond donors (Lipinski definition) is 3. The number of rotatable bonds is 4. The van der Waals surface area contributed by atoms with Crippen LogP contribution in [0, 0.1) is 13.8 Å². The molecular weight excluding hydrogens is 288 g/mol. The molecule has 0 spiro atoms. The third-order valence-electron chi connectivity index (χ3n) is 4.00. The quantitative estimate of drug-likeness (QED) is 0.760. The lowest BCUT2D eigenvalue weighted by Crippen LogP contribution is -2.24. The van der Waals surface area contributed by atoms with E-state index in [1.54, 1.807) is 32.0 Å². The van der Waals surface area contributed by atoms with Gasteiger partial charge in [0.1, 0.15) is 0 Å². The fraction of sp³-hybridized carbons (Fsp3) is 0.316. The number of hydrogen-bond acceptors (Lipinski definition) is 3. The zero-order chi connectivity index (χ0) is 17.2. The summed E-state index contributed by atoms with van der Waals surface area (Å²) in [6.45, 7) is 7.91. The summed E-state index contributed by atoms with van der Waals surface area (Å²) in [7, 11) is 0. The van der Waals surface area contributed by atoms with Crippen LogP contribution in [-0.2, 0) is 12.1 Å². The van der Waals surface area contributed by atoms with E-state index in [1.807, 2.05) is 12.1 Å². The molecular formula is C19H24N2O2. The summed E-state index contributed by atoms with van der Waals surface area (Å²) in [5.41, 5.74) is 9.93. The number of aryl methyl sites for hydroxylation is 2. The average molecular weight is 312 g/mol. The third kappa shape index (κ3) is 4.11. The summed E-state index contributed by atoms with van der Waals surface area (Å²) in [5, 5.41) is 12.9. The molecule has 2 rings (SSSR count). The zero-order valence-electron chi connectivity index (χ0n) is 14.1. The minimum Gasteiger partial charge on any atom is -0.398 e. The third-order valence-corrected chi connectivity index (χ3v) is 4.00. The van der Waals surface area contributed by atoms with E-state index < -0.39 is 5.60 Å². The van der Waals surface area contributed by atoms with E-state index >= 15 is 0 Å². The Kier molecular flexibility index (Phi) is 4.76.